The molecule has 2 aromatic carbocycles. The van der Waals surface area contributed by atoms with Crippen LogP contribution in [0.4, 0.5) is 0 Å². The molecule has 3 rings (SSSR count). The number of H-pyrrole nitrogens is 1. The molecule has 28 heavy (non-hydrogen) atoms. The van der Waals surface area contributed by atoms with Gasteiger partial charge in [0.1, 0.15) is 0 Å². The van der Waals surface area contributed by atoms with Crippen molar-refractivity contribution in [3.05, 3.63) is 78.3 Å². The second-order valence-corrected chi connectivity index (χ2v) is 7.26. The van der Waals surface area contributed by atoms with E-state index in [1.54, 1.807) is 6.42 Å². The molecule has 0 fully saturated rings. The normalized spacial score (nSPS) is 13.4. The fourth-order valence-corrected chi connectivity index (χ4v) is 3.39. The van der Waals surface area contributed by atoms with Gasteiger partial charge in [0.15, 0.2) is 0 Å². The van der Waals surface area contributed by atoms with Crippen LogP contribution in [0.3, 0.4) is 0 Å². The summed E-state index contributed by atoms with van der Waals surface area (Å²) in [7, 11) is 0. The lowest BCUT2D eigenvalue weighted by molar-refractivity contribution is -0.120. The number of aromatic nitrogens is 1. The molecule has 0 aliphatic carbocycles. The number of carbonyl (C=O) groups excluding carboxylic acids is 1. The van der Waals surface area contributed by atoms with Crippen molar-refractivity contribution < 1.29 is 14.6 Å². The van der Waals surface area contributed by atoms with E-state index in [1.807, 2.05) is 61.7 Å². The Morgan fingerprint density at radius 3 is 2.71 bits per heavy atom. The molecule has 0 aliphatic heterocycles. The summed E-state index contributed by atoms with van der Waals surface area (Å²) in [6.07, 6.45) is 4.81. The van der Waals surface area contributed by atoms with Crippen LogP contribution in [0, 0.1) is 6.42 Å². The van der Waals surface area contributed by atoms with Crippen LogP contribution in [0.5, 0.6) is 0 Å². The first-order valence-corrected chi connectivity index (χ1v) is 9.52. The highest BCUT2D eigenvalue weighted by Crippen LogP contribution is 2.19. The zero-order valence-corrected chi connectivity index (χ0v) is 16.2. The van der Waals surface area contributed by atoms with Gasteiger partial charge in [-0.3, -0.25) is 4.79 Å². The minimum atomic E-state index is -0.565. The molecule has 0 saturated heterocycles. The van der Waals surface area contributed by atoms with E-state index in [2.05, 4.69) is 16.4 Å². The van der Waals surface area contributed by atoms with Gasteiger partial charge in [-0.25, -0.2) is 0 Å². The first-order chi connectivity index (χ1) is 13.6. The number of nitrogens with one attached hydrogen (secondary N) is 2. The van der Waals surface area contributed by atoms with Gasteiger partial charge in [0, 0.05) is 17.1 Å². The first kappa shape index (κ1) is 20.1. The molecule has 0 bridgehead atoms. The van der Waals surface area contributed by atoms with Crippen molar-refractivity contribution in [3.63, 3.8) is 0 Å². The molecule has 5 nitrogen and oxygen atoms in total. The molecule has 0 aliphatic rings. The van der Waals surface area contributed by atoms with E-state index in [1.165, 1.54) is 0 Å². The van der Waals surface area contributed by atoms with Gasteiger partial charge < -0.3 is 20.1 Å². The van der Waals surface area contributed by atoms with Crippen LogP contribution in [0.1, 0.15) is 18.1 Å². The summed E-state index contributed by atoms with van der Waals surface area (Å²) >= 11 is 0. The van der Waals surface area contributed by atoms with Gasteiger partial charge in [-0.05, 0) is 37.0 Å². The minimum Gasteiger partial charge on any atom is -0.394 e. The minimum absolute atomic E-state index is 0.0396. The average molecular weight is 379 g/mol. The number of para-hydroxylation sites is 1. The van der Waals surface area contributed by atoms with Gasteiger partial charge in [0.25, 0.3) is 0 Å². The first-order valence-electron chi connectivity index (χ1n) is 9.52. The molecule has 1 heterocycles. The fraction of sp³-hybridized carbons (Fsp3) is 0.304. The standard InChI is InChI=1S/C23H27N2O3/c1-23(17-28-14-13-26,15-18-7-3-2-4-8-18)25-22(27)12-11-19-16-24-21-10-6-5-9-20(19)21/h2-10,12,16,24,26H,11,13-15,17H2,1H3,(H,25,27). The molecule has 0 spiro atoms. The molecule has 0 saturated carbocycles. The Morgan fingerprint density at radius 2 is 1.93 bits per heavy atom. The molecule has 1 amide bonds. The lowest BCUT2D eigenvalue weighted by Gasteiger charge is -2.31. The predicted octanol–water partition coefficient (Wildman–Crippen LogP) is 3.04. The number of carbonyl (C=O) groups is 1. The zero-order valence-electron chi connectivity index (χ0n) is 16.2. The van der Waals surface area contributed by atoms with E-state index in [4.69, 9.17) is 9.84 Å². The maximum atomic E-state index is 12.6. The number of benzene rings is 2. The summed E-state index contributed by atoms with van der Waals surface area (Å²) in [6.45, 7) is 2.51. The van der Waals surface area contributed by atoms with E-state index < -0.39 is 5.54 Å². The quantitative estimate of drug-likeness (QED) is 0.474. The van der Waals surface area contributed by atoms with Crippen LogP contribution < -0.4 is 5.32 Å². The Hall–Kier alpha value is -2.63. The van der Waals surface area contributed by atoms with Crippen molar-refractivity contribution in [2.24, 2.45) is 0 Å². The highest BCUT2D eigenvalue weighted by atomic mass is 16.5. The highest BCUT2D eigenvalue weighted by Gasteiger charge is 2.27. The molecule has 1 atom stereocenters. The van der Waals surface area contributed by atoms with Crippen molar-refractivity contribution in [2.45, 2.75) is 25.3 Å². The number of hydrogen-bond acceptors (Lipinski definition) is 3. The van der Waals surface area contributed by atoms with Crippen LogP contribution in [0.25, 0.3) is 10.9 Å². The van der Waals surface area contributed by atoms with Gasteiger partial charge in [0.2, 0.25) is 5.91 Å². The third-order valence-electron chi connectivity index (χ3n) is 4.70. The SMILES string of the molecule is CC(COCCO)(Cc1ccccc1)NC(=O)[CH]Cc1c[nH]c2ccccc12. The summed E-state index contributed by atoms with van der Waals surface area (Å²) in [6, 6.07) is 18.1. The van der Waals surface area contributed by atoms with Gasteiger partial charge >= 0.3 is 0 Å². The largest absolute Gasteiger partial charge is 0.394 e. The van der Waals surface area contributed by atoms with Crippen LogP contribution in [-0.2, 0) is 22.4 Å². The van der Waals surface area contributed by atoms with Crippen molar-refractivity contribution in [1.82, 2.24) is 10.3 Å². The monoisotopic (exact) mass is 379 g/mol. The number of amides is 1. The van der Waals surface area contributed by atoms with E-state index >= 15 is 0 Å². The Kier molecular flexibility index (Phi) is 6.85. The highest BCUT2D eigenvalue weighted by molar-refractivity contribution is 5.88. The molecule has 5 heteroatoms. The topological polar surface area (TPSA) is 74.3 Å². The summed E-state index contributed by atoms with van der Waals surface area (Å²) < 4.78 is 5.55. The average Bonchev–Trinajstić information content (AvgIpc) is 3.10. The third-order valence-corrected chi connectivity index (χ3v) is 4.70. The molecular weight excluding hydrogens is 352 g/mol. The third kappa shape index (κ3) is 5.44. The smallest absolute Gasteiger partial charge is 0.224 e. The molecule has 1 aromatic heterocycles. The number of aromatic amines is 1. The summed E-state index contributed by atoms with van der Waals surface area (Å²) in [5, 5.41) is 13.2. The van der Waals surface area contributed by atoms with Gasteiger partial charge in [-0.1, -0.05) is 48.5 Å². The maximum absolute atomic E-state index is 12.6. The predicted molar refractivity (Wildman–Crippen MR) is 111 cm³/mol. The summed E-state index contributed by atoms with van der Waals surface area (Å²) in [5.41, 5.74) is 2.71. The number of aliphatic hydroxyl groups is 1. The van der Waals surface area contributed by atoms with E-state index in [0.717, 1.165) is 22.0 Å². The fourth-order valence-electron chi connectivity index (χ4n) is 3.39. The van der Waals surface area contributed by atoms with Gasteiger partial charge in [0.05, 0.1) is 31.8 Å². The maximum Gasteiger partial charge on any atom is 0.224 e. The van der Waals surface area contributed by atoms with Crippen molar-refractivity contribution >= 4 is 16.8 Å². The van der Waals surface area contributed by atoms with Crippen molar-refractivity contribution in [2.75, 3.05) is 19.8 Å². The van der Waals surface area contributed by atoms with Gasteiger partial charge in [-0.15, -0.1) is 0 Å². The number of hydrogen-bond donors (Lipinski definition) is 3. The Morgan fingerprint density at radius 1 is 1.18 bits per heavy atom. The van der Waals surface area contributed by atoms with E-state index in [9.17, 15) is 4.79 Å². The number of fused-ring (bicyclic) bond motifs is 1. The van der Waals surface area contributed by atoms with Crippen LogP contribution in [-0.4, -0.2) is 41.4 Å². The molecule has 1 radical (unpaired) electrons. The van der Waals surface area contributed by atoms with Crippen LogP contribution in [0.15, 0.2) is 60.8 Å². The second kappa shape index (κ2) is 9.53. The molecule has 1 unspecified atom stereocenters. The Labute approximate surface area is 165 Å². The summed E-state index contributed by atoms with van der Waals surface area (Å²) in [4.78, 5) is 15.9. The number of aliphatic hydroxyl groups excluding tert-OH is 1. The number of rotatable bonds is 10. The number of ether oxygens (including phenoxy) is 1. The zero-order chi connectivity index (χ0) is 19.8. The molecule has 147 valence electrons. The summed E-state index contributed by atoms with van der Waals surface area (Å²) in [5.74, 6) is -0.128. The van der Waals surface area contributed by atoms with Crippen LogP contribution >= 0.6 is 0 Å². The molecule has 3 aromatic rings. The van der Waals surface area contributed by atoms with Crippen molar-refractivity contribution in [1.29, 1.82) is 0 Å². The molecule has 3 N–H and O–H groups in total. The second-order valence-electron chi connectivity index (χ2n) is 7.26. The van der Waals surface area contributed by atoms with E-state index in [0.29, 0.717) is 19.4 Å². The lowest BCUT2D eigenvalue weighted by atomic mass is 9.93. The lowest BCUT2D eigenvalue weighted by Crippen LogP contribution is -2.51. The van der Waals surface area contributed by atoms with Crippen LogP contribution in [0.2, 0.25) is 0 Å². The van der Waals surface area contributed by atoms with Crippen molar-refractivity contribution in [3.8, 4) is 0 Å². The Balaban J connectivity index is 1.62. The Bertz CT molecular complexity index is 891. The van der Waals surface area contributed by atoms with E-state index in [-0.39, 0.29) is 19.1 Å². The molecular formula is C23H27N2O3. The van der Waals surface area contributed by atoms with Gasteiger partial charge in [-0.2, -0.15) is 0 Å².